The number of carbonyl (C=O) groups excluding carboxylic acids is 4. The van der Waals surface area contributed by atoms with Gasteiger partial charge in [0.2, 0.25) is 0 Å². The second kappa shape index (κ2) is 14.1. The largest absolute Gasteiger partial charge is 0.493 e. The van der Waals surface area contributed by atoms with Gasteiger partial charge in [0, 0.05) is 36.8 Å². The maximum Gasteiger partial charge on any atom is 0.410 e. The first-order valence-electron chi connectivity index (χ1n) is 13.4. The number of hydrogen-bond donors (Lipinski definition) is 0. The molecular formula is C32H33NO7. The van der Waals surface area contributed by atoms with Gasteiger partial charge in [0.1, 0.15) is 24.7 Å². The van der Waals surface area contributed by atoms with Gasteiger partial charge in [-0.25, -0.2) is 9.59 Å². The minimum Gasteiger partial charge on any atom is -0.493 e. The van der Waals surface area contributed by atoms with Crippen molar-refractivity contribution in [2.24, 2.45) is 11.8 Å². The fraction of sp³-hybridized carbons (Fsp3) is 0.312. The maximum absolute atomic E-state index is 13.6. The number of amides is 1. The zero-order valence-corrected chi connectivity index (χ0v) is 22.4. The van der Waals surface area contributed by atoms with Crippen LogP contribution in [0.5, 0.6) is 5.75 Å². The summed E-state index contributed by atoms with van der Waals surface area (Å²) in [6.45, 7) is 2.19. The van der Waals surface area contributed by atoms with E-state index in [1.54, 1.807) is 31.2 Å². The molecule has 0 saturated carbocycles. The molecule has 1 heterocycles. The van der Waals surface area contributed by atoms with Crippen LogP contribution in [-0.4, -0.2) is 54.8 Å². The zero-order valence-electron chi connectivity index (χ0n) is 22.4. The Morgan fingerprint density at radius 1 is 0.875 bits per heavy atom. The third-order valence-electron chi connectivity index (χ3n) is 6.97. The fourth-order valence-corrected chi connectivity index (χ4v) is 4.97. The van der Waals surface area contributed by atoms with Crippen LogP contribution in [0.25, 0.3) is 0 Å². The van der Waals surface area contributed by atoms with E-state index in [1.807, 2.05) is 60.7 Å². The van der Waals surface area contributed by atoms with E-state index in [1.165, 1.54) is 10.5 Å². The number of hydrogen-bond acceptors (Lipinski definition) is 7. The van der Waals surface area contributed by atoms with Crippen LogP contribution in [0.2, 0.25) is 0 Å². The predicted octanol–water partition coefficient (Wildman–Crippen LogP) is 4.90. The number of ketones is 1. The van der Waals surface area contributed by atoms with Crippen molar-refractivity contribution in [1.29, 1.82) is 0 Å². The molecule has 0 aromatic heterocycles. The summed E-state index contributed by atoms with van der Waals surface area (Å²) in [6.07, 6.45) is 0.598. The van der Waals surface area contributed by atoms with Crippen molar-refractivity contribution in [3.63, 3.8) is 0 Å². The SMILES string of the molecule is CCOC(=O)[C@@H]1[C@@H](CC=O)[C@@H](C(=O)c2ccc(OCCc3ccccc3)cc2)CN1C(=O)OCc1ccccc1. The number of esters is 1. The van der Waals surface area contributed by atoms with Gasteiger partial charge in [0.15, 0.2) is 5.78 Å². The van der Waals surface area contributed by atoms with E-state index < -0.39 is 29.9 Å². The van der Waals surface area contributed by atoms with Gasteiger partial charge in [0.05, 0.1) is 13.2 Å². The summed E-state index contributed by atoms with van der Waals surface area (Å²) in [6, 6.07) is 24.8. The molecule has 0 bridgehead atoms. The van der Waals surface area contributed by atoms with Crippen LogP contribution in [0.1, 0.15) is 34.8 Å². The number of nitrogens with zero attached hydrogens (tertiary/aromatic N) is 1. The molecule has 0 radical (unpaired) electrons. The van der Waals surface area contributed by atoms with Gasteiger partial charge in [-0.1, -0.05) is 60.7 Å². The molecule has 208 valence electrons. The minimum atomic E-state index is -1.11. The van der Waals surface area contributed by atoms with E-state index in [0.29, 0.717) is 24.2 Å². The second-order valence-electron chi connectivity index (χ2n) is 9.53. The lowest BCUT2D eigenvalue weighted by Gasteiger charge is -2.25. The summed E-state index contributed by atoms with van der Waals surface area (Å²) < 4.78 is 16.5. The lowest BCUT2D eigenvalue weighted by Crippen LogP contribution is -2.44. The van der Waals surface area contributed by atoms with E-state index in [2.05, 4.69) is 0 Å². The molecular weight excluding hydrogens is 510 g/mol. The Bertz CT molecular complexity index is 1280. The average Bonchev–Trinajstić information content (AvgIpc) is 3.37. The van der Waals surface area contributed by atoms with Crippen LogP contribution in [-0.2, 0) is 32.1 Å². The van der Waals surface area contributed by atoms with Crippen LogP contribution >= 0.6 is 0 Å². The van der Waals surface area contributed by atoms with Gasteiger partial charge >= 0.3 is 12.1 Å². The highest BCUT2D eigenvalue weighted by molar-refractivity contribution is 6.00. The summed E-state index contributed by atoms with van der Waals surface area (Å²) in [7, 11) is 0. The van der Waals surface area contributed by atoms with Crippen molar-refractivity contribution in [2.75, 3.05) is 19.8 Å². The van der Waals surface area contributed by atoms with Crippen molar-refractivity contribution in [3.05, 3.63) is 102 Å². The molecule has 3 aromatic rings. The van der Waals surface area contributed by atoms with Crippen molar-refractivity contribution in [1.82, 2.24) is 4.90 Å². The van der Waals surface area contributed by atoms with Gasteiger partial charge in [-0.15, -0.1) is 0 Å². The maximum atomic E-state index is 13.6. The zero-order chi connectivity index (χ0) is 28.3. The smallest absolute Gasteiger partial charge is 0.410 e. The highest BCUT2D eigenvalue weighted by Gasteiger charge is 2.51. The van der Waals surface area contributed by atoms with E-state index in [0.717, 1.165) is 12.0 Å². The van der Waals surface area contributed by atoms with Gasteiger partial charge in [-0.05, 0) is 42.3 Å². The number of carbonyl (C=O) groups is 4. The molecule has 0 N–H and O–H groups in total. The molecule has 3 aromatic carbocycles. The summed E-state index contributed by atoms with van der Waals surface area (Å²) >= 11 is 0. The average molecular weight is 544 g/mol. The lowest BCUT2D eigenvalue weighted by molar-refractivity contribution is -0.149. The molecule has 4 rings (SSSR count). The van der Waals surface area contributed by atoms with Crippen molar-refractivity contribution in [3.8, 4) is 5.75 Å². The number of ether oxygens (including phenoxy) is 3. The quantitative estimate of drug-likeness (QED) is 0.182. The Kier molecular flexibility index (Phi) is 10.0. The third-order valence-corrected chi connectivity index (χ3v) is 6.97. The number of aldehydes is 1. The molecule has 1 aliphatic rings. The van der Waals surface area contributed by atoms with Crippen molar-refractivity contribution >= 4 is 24.1 Å². The topological polar surface area (TPSA) is 99.2 Å². The lowest BCUT2D eigenvalue weighted by atomic mass is 9.83. The van der Waals surface area contributed by atoms with E-state index in [-0.39, 0.29) is 32.0 Å². The monoisotopic (exact) mass is 543 g/mol. The van der Waals surface area contributed by atoms with Gasteiger partial charge in [0.25, 0.3) is 0 Å². The molecule has 8 nitrogen and oxygen atoms in total. The number of likely N-dealkylation sites (tertiary alicyclic amines) is 1. The van der Waals surface area contributed by atoms with Crippen LogP contribution in [0.4, 0.5) is 4.79 Å². The molecule has 1 amide bonds. The molecule has 1 fully saturated rings. The van der Waals surface area contributed by atoms with Gasteiger partial charge in [-0.3, -0.25) is 9.69 Å². The highest BCUT2D eigenvalue weighted by Crippen LogP contribution is 2.36. The van der Waals surface area contributed by atoms with Crippen molar-refractivity contribution in [2.45, 2.75) is 32.4 Å². The van der Waals surface area contributed by atoms with E-state index in [4.69, 9.17) is 14.2 Å². The van der Waals surface area contributed by atoms with Crippen LogP contribution in [0.15, 0.2) is 84.9 Å². The van der Waals surface area contributed by atoms with Crippen molar-refractivity contribution < 1.29 is 33.4 Å². The molecule has 1 saturated heterocycles. The summed E-state index contributed by atoms with van der Waals surface area (Å²) in [5.41, 5.74) is 2.35. The molecule has 1 aliphatic heterocycles. The molecule has 0 unspecified atom stereocenters. The first-order valence-corrected chi connectivity index (χ1v) is 13.4. The third kappa shape index (κ3) is 7.14. The molecule has 8 heteroatoms. The summed E-state index contributed by atoms with van der Waals surface area (Å²) in [5, 5.41) is 0. The number of benzene rings is 3. The Morgan fingerprint density at radius 3 is 2.15 bits per heavy atom. The minimum absolute atomic E-state index is 0.00835. The van der Waals surface area contributed by atoms with Gasteiger partial charge < -0.3 is 19.0 Å². The fourth-order valence-electron chi connectivity index (χ4n) is 4.97. The standard InChI is InChI=1S/C32H33NO7/c1-2-38-31(36)29-27(17-19-34)28(21-33(29)32(37)40-22-24-11-7-4-8-12-24)30(35)25-13-15-26(16-14-25)39-20-18-23-9-5-3-6-10-23/h3-16,19,27-29H,2,17-18,20-22H2,1H3/t27-,28-,29-/m0/s1. The summed E-state index contributed by atoms with van der Waals surface area (Å²) in [4.78, 5) is 52.5. The second-order valence-corrected chi connectivity index (χ2v) is 9.53. The first-order chi connectivity index (χ1) is 19.5. The normalized spacial score (nSPS) is 18.1. The molecule has 0 aliphatic carbocycles. The highest BCUT2D eigenvalue weighted by atomic mass is 16.6. The number of rotatable bonds is 12. The summed E-state index contributed by atoms with van der Waals surface area (Å²) in [5.74, 6) is -1.83. The number of Topliss-reactive ketones (excluding diaryl/α,β-unsaturated/α-hetero) is 1. The Labute approximate surface area is 233 Å². The van der Waals surface area contributed by atoms with Crippen LogP contribution in [0, 0.1) is 11.8 Å². The van der Waals surface area contributed by atoms with E-state index in [9.17, 15) is 19.2 Å². The van der Waals surface area contributed by atoms with Crippen LogP contribution < -0.4 is 4.74 Å². The Balaban J connectivity index is 1.47. The van der Waals surface area contributed by atoms with Crippen LogP contribution in [0.3, 0.4) is 0 Å². The molecule has 0 spiro atoms. The molecule has 3 atom stereocenters. The predicted molar refractivity (Wildman–Crippen MR) is 148 cm³/mol. The first kappa shape index (κ1) is 28.5. The van der Waals surface area contributed by atoms with Gasteiger partial charge in [-0.2, -0.15) is 0 Å². The van der Waals surface area contributed by atoms with E-state index >= 15 is 0 Å². The Morgan fingerprint density at radius 2 is 1.52 bits per heavy atom. The Hall–Kier alpha value is -4.46. The molecule has 40 heavy (non-hydrogen) atoms.